The van der Waals surface area contributed by atoms with Crippen molar-refractivity contribution in [3.8, 4) is 0 Å². The molecule has 0 unspecified atom stereocenters. The zero-order valence-electron chi connectivity index (χ0n) is 6.22. The third-order valence-electron chi connectivity index (χ3n) is 1.43. The number of nitrogens with two attached hydrogens (primary N) is 1. The Morgan fingerprint density at radius 3 is 3.00 bits per heavy atom. The summed E-state index contributed by atoms with van der Waals surface area (Å²) in [4.78, 5) is 3.77. The lowest BCUT2D eigenvalue weighted by Gasteiger charge is -2.06. The second kappa shape index (κ2) is 4.05. The molecule has 0 aliphatic rings. The van der Waals surface area contributed by atoms with Crippen molar-refractivity contribution in [2.24, 2.45) is 5.73 Å². The summed E-state index contributed by atoms with van der Waals surface area (Å²) in [6.07, 6.45) is 3.83. The molecule has 0 fully saturated rings. The van der Waals surface area contributed by atoms with E-state index in [1.807, 2.05) is 0 Å². The van der Waals surface area contributed by atoms with Crippen LogP contribution in [0.2, 0.25) is 0 Å². The minimum atomic E-state index is -0.154. The lowest BCUT2D eigenvalue weighted by atomic mass is 10.2. The molecule has 1 aromatic heterocycles. The molecule has 0 aromatic carbocycles. The van der Waals surface area contributed by atoms with Crippen LogP contribution in [-0.2, 0) is 6.54 Å². The number of aliphatic hydroxyl groups excluding tert-OH is 1. The molecule has 3 N–H and O–H groups in total. The lowest BCUT2D eigenvalue weighted by Crippen LogP contribution is -2.25. The Balaban J connectivity index is 2.23. The molecular formula is C6H12N4O. The van der Waals surface area contributed by atoms with E-state index in [1.54, 1.807) is 11.0 Å². The fourth-order valence-corrected chi connectivity index (χ4v) is 0.738. The summed E-state index contributed by atoms with van der Waals surface area (Å²) in [6.45, 7) is 0.733. The number of aromatic nitrogens is 3. The van der Waals surface area contributed by atoms with Gasteiger partial charge in [0.15, 0.2) is 0 Å². The van der Waals surface area contributed by atoms with Crippen molar-refractivity contribution in [1.82, 2.24) is 14.8 Å². The molecule has 1 atom stereocenters. The van der Waals surface area contributed by atoms with E-state index >= 15 is 0 Å². The molecule has 5 heteroatoms. The van der Waals surface area contributed by atoms with E-state index in [0.29, 0.717) is 6.54 Å². The molecule has 1 rings (SSSR count). The van der Waals surface area contributed by atoms with Crippen LogP contribution in [0.25, 0.3) is 0 Å². The Labute approximate surface area is 64.9 Å². The zero-order valence-corrected chi connectivity index (χ0v) is 6.22. The summed E-state index contributed by atoms with van der Waals surface area (Å²) in [7, 11) is 0. The van der Waals surface area contributed by atoms with Gasteiger partial charge >= 0.3 is 0 Å². The van der Waals surface area contributed by atoms with Gasteiger partial charge in [-0.1, -0.05) is 0 Å². The van der Waals surface area contributed by atoms with Crippen LogP contribution in [0.5, 0.6) is 0 Å². The molecule has 62 valence electrons. The van der Waals surface area contributed by atoms with Gasteiger partial charge in [-0.25, -0.2) is 4.98 Å². The summed E-state index contributed by atoms with van der Waals surface area (Å²) in [5.74, 6) is 0. The van der Waals surface area contributed by atoms with Gasteiger partial charge in [0.25, 0.3) is 0 Å². The van der Waals surface area contributed by atoms with Gasteiger partial charge in [0, 0.05) is 12.6 Å². The molecule has 0 bridgehead atoms. The van der Waals surface area contributed by atoms with E-state index in [4.69, 9.17) is 10.8 Å². The predicted octanol–water partition coefficient (Wildman–Crippen LogP) is -1.01. The zero-order chi connectivity index (χ0) is 8.10. The molecular weight excluding hydrogens is 144 g/mol. The number of nitrogens with zero attached hydrogens (tertiary/aromatic N) is 3. The maximum atomic E-state index is 8.59. The average Bonchev–Trinajstić information content (AvgIpc) is 2.52. The molecule has 0 spiro atoms. The number of hydrogen-bond acceptors (Lipinski definition) is 4. The second-order valence-electron chi connectivity index (χ2n) is 2.39. The highest BCUT2D eigenvalue weighted by atomic mass is 16.3. The first kappa shape index (κ1) is 8.16. The van der Waals surface area contributed by atoms with Crippen molar-refractivity contribution in [2.45, 2.75) is 19.0 Å². The van der Waals surface area contributed by atoms with Crippen LogP contribution in [-0.4, -0.2) is 32.5 Å². The van der Waals surface area contributed by atoms with Gasteiger partial charge in [0.2, 0.25) is 0 Å². The first-order valence-corrected chi connectivity index (χ1v) is 3.52. The van der Waals surface area contributed by atoms with Crippen LogP contribution in [0.3, 0.4) is 0 Å². The van der Waals surface area contributed by atoms with Crippen LogP contribution in [0, 0.1) is 0 Å². The van der Waals surface area contributed by atoms with Crippen LogP contribution in [0.4, 0.5) is 0 Å². The van der Waals surface area contributed by atoms with Gasteiger partial charge in [0.1, 0.15) is 12.7 Å². The van der Waals surface area contributed by atoms with Crippen LogP contribution in [0.15, 0.2) is 12.7 Å². The summed E-state index contributed by atoms with van der Waals surface area (Å²) < 4.78 is 1.69. The average molecular weight is 156 g/mol. The number of hydrogen-bond donors (Lipinski definition) is 2. The molecule has 0 radical (unpaired) electrons. The van der Waals surface area contributed by atoms with Crippen molar-refractivity contribution in [2.75, 3.05) is 6.61 Å². The summed E-state index contributed by atoms with van der Waals surface area (Å²) >= 11 is 0. The minimum absolute atomic E-state index is 0.0225. The smallest absolute Gasteiger partial charge is 0.137 e. The number of aliphatic hydroxyl groups is 1. The van der Waals surface area contributed by atoms with Crippen LogP contribution < -0.4 is 5.73 Å². The SMILES string of the molecule is N[C@@H](CO)CCn1cncn1. The van der Waals surface area contributed by atoms with E-state index in [1.165, 1.54) is 6.33 Å². The molecule has 0 saturated carbocycles. The molecule has 0 aliphatic carbocycles. The van der Waals surface area contributed by atoms with Crippen molar-refractivity contribution >= 4 is 0 Å². The monoisotopic (exact) mass is 156 g/mol. The quantitative estimate of drug-likeness (QED) is 0.585. The lowest BCUT2D eigenvalue weighted by molar-refractivity contribution is 0.255. The Hall–Kier alpha value is -0.940. The Morgan fingerprint density at radius 1 is 1.64 bits per heavy atom. The van der Waals surface area contributed by atoms with Gasteiger partial charge in [-0.05, 0) is 6.42 Å². The number of rotatable bonds is 4. The Morgan fingerprint density at radius 2 is 2.45 bits per heavy atom. The van der Waals surface area contributed by atoms with Crippen molar-refractivity contribution in [1.29, 1.82) is 0 Å². The van der Waals surface area contributed by atoms with Gasteiger partial charge in [0.05, 0.1) is 6.61 Å². The standard InChI is InChI=1S/C6H12N4O/c7-6(3-11)1-2-10-5-8-4-9-10/h4-6,11H,1-3,7H2/t6-/m1/s1. The molecule has 0 aliphatic heterocycles. The van der Waals surface area contributed by atoms with Gasteiger partial charge < -0.3 is 10.8 Å². The molecule has 5 nitrogen and oxygen atoms in total. The second-order valence-corrected chi connectivity index (χ2v) is 2.39. The predicted molar refractivity (Wildman–Crippen MR) is 39.7 cm³/mol. The van der Waals surface area contributed by atoms with E-state index in [-0.39, 0.29) is 12.6 Å². The maximum absolute atomic E-state index is 8.59. The largest absolute Gasteiger partial charge is 0.395 e. The van der Waals surface area contributed by atoms with E-state index < -0.39 is 0 Å². The highest BCUT2D eigenvalue weighted by Crippen LogP contribution is 1.90. The van der Waals surface area contributed by atoms with E-state index in [2.05, 4.69) is 10.1 Å². The maximum Gasteiger partial charge on any atom is 0.137 e. The van der Waals surface area contributed by atoms with Crippen molar-refractivity contribution < 1.29 is 5.11 Å². The Bertz CT molecular complexity index is 186. The Kier molecular flexibility index (Phi) is 3.00. The van der Waals surface area contributed by atoms with Crippen molar-refractivity contribution in [3.63, 3.8) is 0 Å². The summed E-state index contributed by atoms with van der Waals surface area (Å²) in [5.41, 5.74) is 5.48. The fraction of sp³-hybridized carbons (Fsp3) is 0.667. The third-order valence-corrected chi connectivity index (χ3v) is 1.43. The first-order chi connectivity index (χ1) is 5.33. The van der Waals surface area contributed by atoms with Gasteiger partial charge in [-0.2, -0.15) is 5.10 Å². The molecule has 1 heterocycles. The van der Waals surface area contributed by atoms with Gasteiger partial charge in [-0.3, -0.25) is 4.68 Å². The molecule has 0 amide bonds. The first-order valence-electron chi connectivity index (χ1n) is 3.52. The minimum Gasteiger partial charge on any atom is -0.395 e. The van der Waals surface area contributed by atoms with Crippen LogP contribution in [0.1, 0.15) is 6.42 Å². The highest BCUT2D eigenvalue weighted by Gasteiger charge is 1.99. The molecule has 1 aromatic rings. The summed E-state index contributed by atoms with van der Waals surface area (Å²) in [5, 5.41) is 12.5. The van der Waals surface area contributed by atoms with E-state index in [9.17, 15) is 0 Å². The van der Waals surface area contributed by atoms with Crippen LogP contribution >= 0.6 is 0 Å². The topological polar surface area (TPSA) is 77.0 Å². The van der Waals surface area contributed by atoms with Gasteiger partial charge in [-0.15, -0.1) is 0 Å². The highest BCUT2D eigenvalue weighted by molar-refractivity contribution is 4.61. The molecule has 0 saturated heterocycles. The van der Waals surface area contributed by atoms with E-state index in [0.717, 1.165) is 6.42 Å². The third kappa shape index (κ3) is 2.65. The number of aryl methyl sites for hydroxylation is 1. The normalized spacial score (nSPS) is 13.3. The molecule has 11 heavy (non-hydrogen) atoms. The fourth-order valence-electron chi connectivity index (χ4n) is 0.738. The van der Waals surface area contributed by atoms with Crippen molar-refractivity contribution in [3.05, 3.63) is 12.7 Å². The summed E-state index contributed by atoms with van der Waals surface area (Å²) in [6, 6.07) is -0.154.